The van der Waals surface area contributed by atoms with E-state index >= 15 is 0 Å². The van der Waals surface area contributed by atoms with Crippen LogP contribution in [-0.2, 0) is 0 Å². The molecule has 1 aromatic carbocycles. The molecule has 0 aromatic heterocycles. The van der Waals surface area contributed by atoms with Crippen molar-refractivity contribution < 1.29 is 14.1 Å². The van der Waals surface area contributed by atoms with Crippen molar-refractivity contribution in [3.8, 4) is 0 Å². The summed E-state index contributed by atoms with van der Waals surface area (Å²) in [6.45, 7) is 2.47. The Hall–Kier alpha value is -1.98. The molecule has 0 saturated carbocycles. The third-order valence-electron chi connectivity index (χ3n) is 2.30. The van der Waals surface area contributed by atoms with Crippen LogP contribution in [0.15, 0.2) is 18.2 Å². The number of nitro groups is 1. The van der Waals surface area contributed by atoms with Gasteiger partial charge in [-0.1, -0.05) is 6.92 Å². The predicted molar refractivity (Wildman–Crippen MR) is 60.3 cm³/mol. The lowest BCUT2D eigenvalue weighted by atomic mass is 10.1. The maximum atomic E-state index is 13.3. The van der Waals surface area contributed by atoms with E-state index in [4.69, 9.17) is 0 Å². The molecule has 0 fully saturated rings. The largest absolute Gasteiger partial charge is 0.342 e. The lowest BCUT2D eigenvalue weighted by Gasteiger charge is -2.15. The van der Waals surface area contributed by atoms with Gasteiger partial charge in [-0.05, 0) is 18.6 Å². The second-order valence-corrected chi connectivity index (χ2v) is 3.65. The van der Waals surface area contributed by atoms with Crippen LogP contribution >= 0.6 is 0 Å². The van der Waals surface area contributed by atoms with Gasteiger partial charge in [-0.15, -0.1) is 0 Å². The number of hydrogen-bond donors (Lipinski definition) is 0. The molecule has 0 aliphatic rings. The molecule has 6 heteroatoms. The molecule has 0 N–H and O–H groups in total. The summed E-state index contributed by atoms with van der Waals surface area (Å²) in [6.07, 6.45) is 0.789. The maximum absolute atomic E-state index is 13.3. The highest BCUT2D eigenvalue weighted by Gasteiger charge is 2.18. The first-order valence-corrected chi connectivity index (χ1v) is 5.16. The summed E-state index contributed by atoms with van der Waals surface area (Å²) in [6, 6.07) is 3.16. The minimum atomic E-state index is -0.995. The number of amides is 1. The molecule has 0 saturated heterocycles. The molecule has 0 aliphatic carbocycles. The lowest BCUT2D eigenvalue weighted by Crippen LogP contribution is -2.27. The Bertz CT molecular complexity index is 448. The lowest BCUT2D eigenvalue weighted by molar-refractivity contribution is -0.387. The van der Waals surface area contributed by atoms with E-state index in [1.54, 1.807) is 7.05 Å². The first-order chi connectivity index (χ1) is 7.97. The van der Waals surface area contributed by atoms with Crippen molar-refractivity contribution in [2.75, 3.05) is 13.6 Å². The summed E-state index contributed by atoms with van der Waals surface area (Å²) in [5, 5.41) is 10.4. The van der Waals surface area contributed by atoms with E-state index in [-0.39, 0.29) is 11.5 Å². The number of hydrogen-bond acceptors (Lipinski definition) is 3. The average molecular weight is 240 g/mol. The number of carbonyl (C=O) groups is 1. The van der Waals surface area contributed by atoms with Crippen LogP contribution < -0.4 is 0 Å². The fraction of sp³-hybridized carbons (Fsp3) is 0.364. The van der Waals surface area contributed by atoms with Gasteiger partial charge in [-0.25, -0.2) is 0 Å². The number of halogens is 1. The van der Waals surface area contributed by atoms with Crippen molar-refractivity contribution in [1.82, 2.24) is 4.90 Å². The van der Waals surface area contributed by atoms with Gasteiger partial charge in [-0.2, -0.15) is 4.39 Å². The van der Waals surface area contributed by atoms with Crippen LogP contribution in [0.4, 0.5) is 10.1 Å². The van der Waals surface area contributed by atoms with Gasteiger partial charge in [0.05, 0.1) is 4.92 Å². The Morgan fingerprint density at radius 1 is 1.53 bits per heavy atom. The van der Waals surface area contributed by atoms with Gasteiger partial charge in [0.25, 0.3) is 5.91 Å². The Balaban J connectivity index is 2.97. The van der Waals surface area contributed by atoms with E-state index in [1.165, 1.54) is 11.0 Å². The maximum Gasteiger partial charge on any atom is 0.304 e. The van der Waals surface area contributed by atoms with E-state index in [0.717, 1.165) is 18.6 Å². The molecule has 1 amide bonds. The van der Waals surface area contributed by atoms with Gasteiger partial charge >= 0.3 is 5.69 Å². The van der Waals surface area contributed by atoms with Crippen molar-refractivity contribution in [3.05, 3.63) is 39.7 Å². The highest BCUT2D eigenvalue weighted by atomic mass is 19.1. The minimum Gasteiger partial charge on any atom is -0.342 e. The molecule has 1 aromatic rings. The zero-order valence-corrected chi connectivity index (χ0v) is 9.64. The average Bonchev–Trinajstić information content (AvgIpc) is 2.27. The Kier molecular flexibility index (Phi) is 4.14. The molecule has 0 heterocycles. The Morgan fingerprint density at radius 2 is 2.18 bits per heavy atom. The number of rotatable bonds is 4. The first kappa shape index (κ1) is 13.1. The van der Waals surface area contributed by atoms with Gasteiger partial charge in [0.15, 0.2) is 0 Å². The zero-order chi connectivity index (χ0) is 13.0. The second-order valence-electron chi connectivity index (χ2n) is 3.65. The minimum absolute atomic E-state index is 0.115. The normalized spacial score (nSPS) is 10.1. The van der Waals surface area contributed by atoms with E-state index in [0.29, 0.717) is 6.54 Å². The number of nitro benzene ring substituents is 1. The molecule has 92 valence electrons. The quantitative estimate of drug-likeness (QED) is 0.598. The zero-order valence-electron chi connectivity index (χ0n) is 9.64. The van der Waals surface area contributed by atoms with Crippen molar-refractivity contribution in [1.29, 1.82) is 0 Å². The molecule has 1 rings (SSSR count). The molecule has 0 spiro atoms. The first-order valence-electron chi connectivity index (χ1n) is 5.16. The fourth-order valence-corrected chi connectivity index (χ4v) is 1.45. The fourth-order valence-electron chi connectivity index (χ4n) is 1.45. The van der Waals surface area contributed by atoms with Gasteiger partial charge in [0, 0.05) is 25.2 Å². The smallest absolute Gasteiger partial charge is 0.304 e. The summed E-state index contributed by atoms with van der Waals surface area (Å²) in [5.41, 5.74) is -0.510. The second kappa shape index (κ2) is 5.38. The van der Waals surface area contributed by atoms with Crippen molar-refractivity contribution in [3.63, 3.8) is 0 Å². The summed E-state index contributed by atoms with van der Waals surface area (Å²) >= 11 is 0. The van der Waals surface area contributed by atoms with Crippen LogP contribution in [-0.4, -0.2) is 29.3 Å². The summed E-state index contributed by atoms with van der Waals surface area (Å²) in [4.78, 5) is 22.8. The van der Waals surface area contributed by atoms with E-state index in [1.807, 2.05) is 6.92 Å². The topological polar surface area (TPSA) is 63.5 Å². The number of benzene rings is 1. The molecular formula is C11H13FN2O3. The highest BCUT2D eigenvalue weighted by molar-refractivity contribution is 5.94. The van der Waals surface area contributed by atoms with Crippen LogP contribution in [0.3, 0.4) is 0 Å². The van der Waals surface area contributed by atoms with Gasteiger partial charge < -0.3 is 4.90 Å². The third-order valence-corrected chi connectivity index (χ3v) is 2.30. The number of nitrogens with zero attached hydrogens (tertiary/aromatic N) is 2. The molecule has 17 heavy (non-hydrogen) atoms. The van der Waals surface area contributed by atoms with Crippen molar-refractivity contribution >= 4 is 11.6 Å². The van der Waals surface area contributed by atoms with E-state index in [9.17, 15) is 19.3 Å². The highest BCUT2D eigenvalue weighted by Crippen LogP contribution is 2.18. The van der Waals surface area contributed by atoms with Crippen LogP contribution in [0.25, 0.3) is 0 Å². The summed E-state index contributed by atoms with van der Waals surface area (Å²) < 4.78 is 13.3. The van der Waals surface area contributed by atoms with E-state index in [2.05, 4.69) is 0 Å². The number of carbonyl (C=O) groups excluding carboxylic acids is 1. The Morgan fingerprint density at radius 3 is 2.65 bits per heavy atom. The monoisotopic (exact) mass is 240 g/mol. The summed E-state index contributed by atoms with van der Waals surface area (Å²) in [5.74, 6) is -1.34. The molecular weight excluding hydrogens is 227 g/mol. The molecule has 0 bridgehead atoms. The third kappa shape index (κ3) is 2.99. The Labute approximate surface area is 98.0 Å². The predicted octanol–water partition coefficient (Wildman–Crippen LogP) is 2.22. The molecule has 0 atom stereocenters. The van der Waals surface area contributed by atoms with Crippen LogP contribution in [0.2, 0.25) is 0 Å². The summed E-state index contributed by atoms with van der Waals surface area (Å²) in [7, 11) is 1.60. The molecule has 0 radical (unpaired) electrons. The standard InChI is InChI=1S/C11H13FN2O3/c1-3-6-13(2)11(15)8-4-5-10(14(16)17)9(12)7-8/h4-5,7H,3,6H2,1-2H3. The molecule has 0 unspecified atom stereocenters. The van der Waals surface area contributed by atoms with Gasteiger partial charge in [0.1, 0.15) is 0 Å². The van der Waals surface area contributed by atoms with Crippen molar-refractivity contribution in [2.45, 2.75) is 13.3 Å². The molecule has 0 aliphatic heterocycles. The SMILES string of the molecule is CCCN(C)C(=O)c1ccc([N+](=O)[O-])c(F)c1. The van der Waals surface area contributed by atoms with Crippen LogP contribution in [0, 0.1) is 15.9 Å². The van der Waals surface area contributed by atoms with Crippen LogP contribution in [0.5, 0.6) is 0 Å². The van der Waals surface area contributed by atoms with Gasteiger partial charge in [0.2, 0.25) is 5.82 Å². The van der Waals surface area contributed by atoms with E-state index < -0.39 is 16.4 Å². The van der Waals surface area contributed by atoms with Crippen LogP contribution in [0.1, 0.15) is 23.7 Å². The molecule has 5 nitrogen and oxygen atoms in total. The van der Waals surface area contributed by atoms with Gasteiger partial charge in [-0.3, -0.25) is 14.9 Å². The van der Waals surface area contributed by atoms with Crippen molar-refractivity contribution in [2.24, 2.45) is 0 Å².